The van der Waals surface area contributed by atoms with Crippen molar-refractivity contribution in [3.8, 4) is 0 Å². The highest BCUT2D eigenvalue weighted by molar-refractivity contribution is 5.89. The third kappa shape index (κ3) is 4.22. The van der Waals surface area contributed by atoms with Gasteiger partial charge in [-0.25, -0.2) is 4.79 Å². The summed E-state index contributed by atoms with van der Waals surface area (Å²) in [6, 6.07) is 3.50. The molecule has 7 nitrogen and oxygen atoms in total. The molecule has 0 fully saturated rings. The van der Waals surface area contributed by atoms with E-state index in [0.717, 1.165) is 6.07 Å². The molecule has 0 saturated carbocycles. The Labute approximate surface area is 110 Å². The van der Waals surface area contributed by atoms with E-state index in [1.807, 2.05) is 0 Å². The summed E-state index contributed by atoms with van der Waals surface area (Å²) in [5, 5.41) is 31.9. The van der Waals surface area contributed by atoms with Gasteiger partial charge in [0.15, 0.2) is 0 Å². The number of hydrogen-bond acceptors (Lipinski definition) is 5. The van der Waals surface area contributed by atoms with Crippen molar-refractivity contribution < 1.29 is 19.9 Å². The predicted octanol–water partition coefficient (Wildman–Crippen LogP) is 1.86. The maximum atomic E-state index is 10.9. The Hall–Kier alpha value is -2.15. The minimum absolute atomic E-state index is 0.138. The lowest BCUT2D eigenvalue weighted by Gasteiger charge is -2.16. The van der Waals surface area contributed by atoms with Gasteiger partial charge in [-0.1, -0.05) is 0 Å². The Morgan fingerprint density at radius 2 is 2.11 bits per heavy atom. The summed E-state index contributed by atoms with van der Waals surface area (Å²) in [6.07, 6.45) is -0.0995. The molecule has 0 aliphatic carbocycles. The molecule has 0 aromatic heterocycles. The number of carbonyl (C=O) groups is 1. The van der Waals surface area contributed by atoms with Crippen LogP contribution in [-0.2, 0) is 0 Å². The number of nitro benzene ring substituents is 1. The lowest BCUT2D eigenvalue weighted by atomic mass is 10.1. The maximum Gasteiger partial charge on any atom is 0.335 e. The molecule has 3 N–H and O–H groups in total. The van der Waals surface area contributed by atoms with Crippen molar-refractivity contribution in [3.05, 3.63) is 33.9 Å². The third-order valence-electron chi connectivity index (χ3n) is 2.54. The number of benzene rings is 1. The molecular weight excluding hydrogens is 252 g/mol. The molecule has 2 unspecified atom stereocenters. The molecule has 1 aromatic rings. The van der Waals surface area contributed by atoms with Crippen molar-refractivity contribution in [2.45, 2.75) is 32.4 Å². The van der Waals surface area contributed by atoms with Gasteiger partial charge in [0.2, 0.25) is 0 Å². The van der Waals surface area contributed by atoms with Gasteiger partial charge < -0.3 is 15.5 Å². The van der Waals surface area contributed by atoms with Crippen LogP contribution in [0.5, 0.6) is 0 Å². The third-order valence-corrected chi connectivity index (χ3v) is 2.54. The molecule has 0 heterocycles. The molecule has 0 aliphatic rings. The fourth-order valence-corrected chi connectivity index (χ4v) is 1.77. The highest BCUT2D eigenvalue weighted by Crippen LogP contribution is 2.26. The second-order valence-corrected chi connectivity index (χ2v) is 4.42. The van der Waals surface area contributed by atoms with Gasteiger partial charge in [0.1, 0.15) is 5.69 Å². The van der Waals surface area contributed by atoms with Gasteiger partial charge >= 0.3 is 5.97 Å². The Morgan fingerprint density at radius 3 is 2.58 bits per heavy atom. The smallest absolute Gasteiger partial charge is 0.335 e. The number of nitrogens with one attached hydrogen (secondary N) is 1. The van der Waals surface area contributed by atoms with Gasteiger partial charge in [0, 0.05) is 12.1 Å². The van der Waals surface area contributed by atoms with E-state index in [1.54, 1.807) is 13.8 Å². The van der Waals surface area contributed by atoms with Crippen LogP contribution in [0.15, 0.2) is 18.2 Å². The van der Waals surface area contributed by atoms with E-state index in [9.17, 15) is 20.0 Å². The quantitative estimate of drug-likeness (QED) is 0.536. The van der Waals surface area contributed by atoms with E-state index < -0.39 is 17.0 Å². The molecule has 104 valence electrons. The standard InChI is InChI=1S/C12H16N2O5/c1-7(5-8(2)15)13-10-4-3-9(12(16)17)6-11(10)14(18)19/h3-4,6-8,13,15H,5H2,1-2H3,(H,16,17). The van der Waals surface area contributed by atoms with Crippen LogP contribution in [0, 0.1) is 10.1 Å². The average Bonchev–Trinajstić information content (AvgIpc) is 2.27. The summed E-state index contributed by atoms with van der Waals surface area (Å²) in [4.78, 5) is 21.1. The molecule has 0 amide bonds. The highest BCUT2D eigenvalue weighted by atomic mass is 16.6. The second kappa shape index (κ2) is 6.14. The Balaban J connectivity index is 3.00. The van der Waals surface area contributed by atoms with E-state index >= 15 is 0 Å². The number of aliphatic hydroxyl groups is 1. The monoisotopic (exact) mass is 268 g/mol. The maximum absolute atomic E-state index is 10.9. The highest BCUT2D eigenvalue weighted by Gasteiger charge is 2.18. The van der Waals surface area contributed by atoms with Gasteiger partial charge in [-0.05, 0) is 32.4 Å². The molecule has 0 spiro atoms. The number of rotatable bonds is 6. The van der Waals surface area contributed by atoms with Crippen LogP contribution < -0.4 is 5.32 Å². The summed E-state index contributed by atoms with van der Waals surface area (Å²) < 4.78 is 0. The number of carboxylic acid groups (broad SMARTS) is 1. The van der Waals surface area contributed by atoms with Crippen molar-refractivity contribution in [1.29, 1.82) is 0 Å². The molecular formula is C12H16N2O5. The van der Waals surface area contributed by atoms with Gasteiger partial charge in [0.05, 0.1) is 16.6 Å². The largest absolute Gasteiger partial charge is 0.478 e. The van der Waals surface area contributed by atoms with Crippen molar-refractivity contribution in [3.63, 3.8) is 0 Å². The molecule has 19 heavy (non-hydrogen) atoms. The first-order valence-corrected chi connectivity index (χ1v) is 5.77. The molecule has 1 aromatic carbocycles. The molecule has 2 atom stereocenters. The van der Waals surface area contributed by atoms with E-state index in [2.05, 4.69) is 5.32 Å². The molecule has 0 radical (unpaired) electrons. The molecule has 0 aliphatic heterocycles. The van der Waals surface area contributed by atoms with Crippen LogP contribution in [0.3, 0.4) is 0 Å². The first-order valence-electron chi connectivity index (χ1n) is 5.77. The minimum atomic E-state index is -1.22. The summed E-state index contributed by atoms with van der Waals surface area (Å²) in [6.45, 7) is 3.40. The Kier molecular flexibility index (Phi) is 4.82. The first kappa shape index (κ1) is 14.9. The second-order valence-electron chi connectivity index (χ2n) is 4.42. The van der Waals surface area contributed by atoms with Crippen LogP contribution in [0.4, 0.5) is 11.4 Å². The molecule has 0 bridgehead atoms. The number of aromatic carboxylic acids is 1. The number of nitrogens with zero attached hydrogens (tertiary/aromatic N) is 1. The Morgan fingerprint density at radius 1 is 1.47 bits per heavy atom. The first-order chi connectivity index (χ1) is 8.81. The van der Waals surface area contributed by atoms with Crippen molar-refractivity contribution in [2.24, 2.45) is 0 Å². The van der Waals surface area contributed by atoms with E-state index in [4.69, 9.17) is 5.11 Å². The molecule has 1 rings (SSSR count). The minimum Gasteiger partial charge on any atom is -0.478 e. The summed E-state index contributed by atoms with van der Waals surface area (Å²) >= 11 is 0. The molecule has 0 saturated heterocycles. The topological polar surface area (TPSA) is 113 Å². The van der Waals surface area contributed by atoms with Gasteiger partial charge in [-0.15, -0.1) is 0 Å². The number of anilines is 1. The normalized spacial score (nSPS) is 13.6. The van der Waals surface area contributed by atoms with Crippen molar-refractivity contribution in [2.75, 3.05) is 5.32 Å². The summed E-state index contributed by atoms with van der Waals surface area (Å²) in [5.41, 5.74) is -0.194. The van der Waals surface area contributed by atoms with Crippen LogP contribution in [0.1, 0.15) is 30.6 Å². The molecule has 7 heteroatoms. The fourth-order valence-electron chi connectivity index (χ4n) is 1.77. The van der Waals surface area contributed by atoms with E-state index in [-0.39, 0.29) is 23.0 Å². The van der Waals surface area contributed by atoms with Crippen molar-refractivity contribution in [1.82, 2.24) is 0 Å². The number of aliphatic hydroxyl groups excluding tert-OH is 1. The fraction of sp³-hybridized carbons (Fsp3) is 0.417. The zero-order valence-corrected chi connectivity index (χ0v) is 10.7. The number of carboxylic acids is 1. The van der Waals surface area contributed by atoms with Crippen LogP contribution in [-0.4, -0.2) is 33.3 Å². The van der Waals surface area contributed by atoms with Crippen LogP contribution >= 0.6 is 0 Å². The Bertz CT molecular complexity index is 487. The van der Waals surface area contributed by atoms with Gasteiger partial charge in [0.25, 0.3) is 5.69 Å². The zero-order valence-electron chi connectivity index (χ0n) is 10.7. The lowest BCUT2D eigenvalue weighted by molar-refractivity contribution is -0.384. The number of nitro groups is 1. The lowest BCUT2D eigenvalue weighted by Crippen LogP contribution is -2.21. The average molecular weight is 268 g/mol. The van der Waals surface area contributed by atoms with Crippen LogP contribution in [0.25, 0.3) is 0 Å². The van der Waals surface area contributed by atoms with E-state index in [0.29, 0.717) is 6.42 Å². The van der Waals surface area contributed by atoms with Gasteiger partial charge in [-0.3, -0.25) is 10.1 Å². The SMILES string of the molecule is CC(O)CC(C)Nc1ccc(C(=O)O)cc1[N+](=O)[O-]. The number of hydrogen-bond donors (Lipinski definition) is 3. The van der Waals surface area contributed by atoms with Crippen molar-refractivity contribution >= 4 is 17.3 Å². The summed E-state index contributed by atoms with van der Waals surface area (Å²) in [5.74, 6) is -1.22. The van der Waals surface area contributed by atoms with E-state index in [1.165, 1.54) is 12.1 Å². The predicted molar refractivity (Wildman–Crippen MR) is 69.4 cm³/mol. The van der Waals surface area contributed by atoms with Gasteiger partial charge in [-0.2, -0.15) is 0 Å². The zero-order chi connectivity index (χ0) is 14.6. The van der Waals surface area contributed by atoms with Crippen LogP contribution in [0.2, 0.25) is 0 Å². The summed E-state index contributed by atoms with van der Waals surface area (Å²) in [7, 11) is 0.